The molecule has 0 atom stereocenters. The molecule has 110 valence electrons. The van der Waals surface area contributed by atoms with E-state index in [4.69, 9.17) is 15.5 Å². The van der Waals surface area contributed by atoms with Crippen LogP contribution in [0.2, 0.25) is 0 Å². The predicted octanol–water partition coefficient (Wildman–Crippen LogP) is 2.25. The fourth-order valence-electron chi connectivity index (χ4n) is 3.20. The zero-order chi connectivity index (χ0) is 14.5. The second-order valence-corrected chi connectivity index (χ2v) is 7.49. The zero-order valence-corrected chi connectivity index (χ0v) is 13.3. The summed E-state index contributed by atoms with van der Waals surface area (Å²) < 4.78 is 8.23. The van der Waals surface area contributed by atoms with Gasteiger partial charge < -0.3 is 15.4 Å². The monoisotopic (exact) mass is 294 g/mol. The van der Waals surface area contributed by atoms with E-state index < -0.39 is 0 Å². The fourth-order valence-corrected chi connectivity index (χ4v) is 3.93. The molecule has 0 aromatic carbocycles. The van der Waals surface area contributed by atoms with Gasteiger partial charge in [-0.25, -0.2) is 4.98 Å². The molecule has 5 nitrogen and oxygen atoms in total. The number of anilines is 1. The molecule has 0 bridgehead atoms. The second kappa shape index (κ2) is 4.44. The Hall–Kier alpha value is -1.11. The van der Waals surface area contributed by atoms with E-state index in [1.807, 2.05) is 11.6 Å². The quantitative estimate of drug-likeness (QED) is 0.923. The second-order valence-electron chi connectivity index (χ2n) is 6.62. The van der Waals surface area contributed by atoms with E-state index in [2.05, 4.69) is 37.0 Å². The van der Waals surface area contributed by atoms with Crippen molar-refractivity contribution in [3.8, 4) is 0 Å². The van der Waals surface area contributed by atoms with Crippen LogP contribution in [0.5, 0.6) is 0 Å². The normalized spacial score (nSPS) is 21.6. The molecule has 0 saturated carbocycles. The van der Waals surface area contributed by atoms with Crippen molar-refractivity contribution in [3.05, 3.63) is 17.3 Å². The summed E-state index contributed by atoms with van der Waals surface area (Å²) in [6.07, 6.45) is 2.04. The highest BCUT2D eigenvalue weighted by Gasteiger charge is 2.39. The highest BCUT2D eigenvalue weighted by atomic mass is 32.1. The van der Waals surface area contributed by atoms with Crippen molar-refractivity contribution in [2.24, 2.45) is 5.73 Å². The highest BCUT2D eigenvalue weighted by Crippen LogP contribution is 2.33. The van der Waals surface area contributed by atoms with Crippen LogP contribution >= 0.6 is 11.3 Å². The minimum absolute atomic E-state index is 0.190. The van der Waals surface area contributed by atoms with E-state index in [1.165, 1.54) is 0 Å². The molecular formula is C14H22N4OS. The van der Waals surface area contributed by atoms with Gasteiger partial charge in [0.05, 0.1) is 16.9 Å². The summed E-state index contributed by atoms with van der Waals surface area (Å²) in [6.45, 7) is 10.7. The number of hydrogen-bond acceptors (Lipinski definition) is 5. The van der Waals surface area contributed by atoms with Gasteiger partial charge in [-0.3, -0.25) is 4.40 Å². The number of imidazole rings is 1. The van der Waals surface area contributed by atoms with Crippen LogP contribution in [0.3, 0.4) is 0 Å². The van der Waals surface area contributed by atoms with Crippen molar-refractivity contribution >= 4 is 22.1 Å². The summed E-state index contributed by atoms with van der Waals surface area (Å²) in [7, 11) is 0. The lowest BCUT2D eigenvalue weighted by molar-refractivity contribution is -0.133. The van der Waals surface area contributed by atoms with Gasteiger partial charge in [-0.1, -0.05) is 0 Å². The van der Waals surface area contributed by atoms with E-state index in [1.54, 1.807) is 11.3 Å². The third kappa shape index (κ3) is 2.32. The molecule has 1 fully saturated rings. The summed E-state index contributed by atoms with van der Waals surface area (Å²) in [5.74, 6) is 1.00. The van der Waals surface area contributed by atoms with Crippen molar-refractivity contribution < 1.29 is 4.74 Å². The molecule has 0 aliphatic carbocycles. The smallest absolute Gasteiger partial charge is 0.195 e. The predicted molar refractivity (Wildman–Crippen MR) is 82.4 cm³/mol. The lowest BCUT2D eigenvalue weighted by Crippen LogP contribution is -2.57. The Balaban J connectivity index is 2.03. The van der Waals surface area contributed by atoms with Gasteiger partial charge >= 0.3 is 0 Å². The molecule has 2 aromatic heterocycles. The standard InChI is InChI=1S/C14H22N4OS/c1-13(2)8-17(9-14(3,4)19-13)11-10(7-15)18-5-6-20-12(18)16-11/h5-6H,7-9,15H2,1-4H3. The van der Waals surface area contributed by atoms with E-state index >= 15 is 0 Å². The molecule has 3 rings (SSSR count). The van der Waals surface area contributed by atoms with Crippen LogP contribution in [-0.4, -0.2) is 33.7 Å². The third-order valence-corrected chi connectivity index (χ3v) is 4.29. The first kappa shape index (κ1) is 13.9. The van der Waals surface area contributed by atoms with Gasteiger partial charge in [0.25, 0.3) is 0 Å². The number of morpholine rings is 1. The molecule has 0 amide bonds. The Labute approximate surface area is 123 Å². The maximum Gasteiger partial charge on any atom is 0.195 e. The van der Waals surface area contributed by atoms with Gasteiger partial charge in [0, 0.05) is 31.2 Å². The van der Waals surface area contributed by atoms with Gasteiger partial charge in [0.15, 0.2) is 10.8 Å². The van der Waals surface area contributed by atoms with Gasteiger partial charge in [0.1, 0.15) is 0 Å². The topological polar surface area (TPSA) is 55.8 Å². The number of nitrogens with zero attached hydrogens (tertiary/aromatic N) is 3. The number of thiazole rings is 1. The van der Waals surface area contributed by atoms with E-state index in [9.17, 15) is 0 Å². The molecule has 2 N–H and O–H groups in total. The molecule has 1 saturated heterocycles. The van der Waals surface area contributed by atoms with Gasteiger partial charge in [-0.15, -0.1) is 11.3 Å². The lowest BCUT2D eigenvalue weighted by atomic mass is 9.99. The van der Waals surface area contributed by atoms with E-state index in [-0.39, 0.29) is 11.2 Å². The van der Waals surface area contributed by atoms with E-state index in [0.29, 0.717) is 6.54 Å². The number of nitrogens with two attached hydrogens (primary N) is 1. The molecule has 1 aliphatic rings. The number of ether oxygens (including phenoxy) is 1. The molecule has 6 heteroatoms. The summed E-state index contributed by atoms with van der Waals surface area (Å²) in [5, 5.41) is 2.04. The summed E-state index contributed by atoms with van der Waals surface area (Å²) in [6, 6.07) is 0. The molecule has 0 unspecified atom stereocenters. The highest BCUT2D eigenvalue weighted by molar-refractivity contribution is 7.15. The number of fused-ring (bicyclic) bond motifs is 1. The first-order valence-electron chi connectivity index (χ1n) is 6.91. The Morgan fingerprint density at radius 1 is 1.30 bits per heavy atom. The molecule has 3 heterocycles. The van der Waals surface area contributed by atoms with Crippen LogP contribution < -0.4 is 10.6 Å². The van der Waals surface area contributed by atoms with Gasteiger partial charge in [-0.05, 0) is 27.7 Å². The summed E-state index contributed by atoms with van der Waals surface area (Å²) >= 11 is 1.64. The Morgan fingerprint density at radius 3 is 2.55 bits per heavy atom. The Kier molecular flexibility index (Phi) is 3.08. The van der Waals surface area contributed by atoms with Gasteiger partial charge in [0.2, 0.25) is 0 Å². The Bertz CT molecular complexity index is 612. The molecule has 20 heavy (non-hydrogen) atoms. The molecule has 1 aliphatic heterocycles. The zero-order valence-electron chi connectivity index (χ0n) is 12.5. The van der Waals surface area contributed by atoms with Crippen molar-refractivity contribution in [1.82, 2.24) is 9.38 Å². The maximum atomic E-state index is 6.14. The molecule has 0 radical (unpaired) electrons. The van der Waals surface area contributed by atoms with E-state index in [0.717, 1.165) is 29.6 Å². The summed E-state index contributed by atoms with van der Waals surface area (Å²) in [4.78, 5) is 8.08. The minimum atomic E-state index is -0.190. The van der Waals surface area contributed by atoms with Crippen molar-refractivity contribution in [2.45, 2.75) is 45.4 Å². The molecular weight excluding hydrogens is 272 g/mol. The van der Waals surface area contributed by atoms with Crippen molar-refractivity contribution in [3.63, 3.8) is 0 Å². The number of aromatic nitrogens is 2. The van der Waals surface area contributed by atoms with Gasteiger partial charge in [-0.2, -0.15) is 0 Å². The van der Waals surface area contributed by atoms with Crippen molar-refractivity contribution in [2.75, 3.05) is 18.0 Å². The average Bonchev–Trinajstić information content (AvgIpc) is 2.82. The van der Waals surface area contributed by atoms with Crippen molar-refractivity contribution in [1.29, 1.82) is 0 Å². The largest absolute Gasteiger partial charge is 0.366 e. The fraction of sp³-hybridized carbons (Fsp3) is 0.643. The lowest BCUT2D eigenvalue weighted by Gasteiger charge is -2.47. The number of hydrogen-bond donors (Lipinski definition) is 1. The molecule has 2 aromatic rings. The third-order valence-electron chi connectivity index (χ3n) is 3.53. The van der Waals surface area contributed by atoms with Crippen LogP contribution in [0.25, 0.3) is 4.96 Å². The summed E-state index contributed by atoms with van der Waals surface area (Å²) in [5.41, 5.74) is 6.65. The molecule has 0 spiro atoms. The van der Waals surface area contributed by atoms with Crippen LogP contribution in [-0.2, 0) is 11.3 Å². The van der Waals surface area contributed by atoms with Crippen LogP contribution in [0.1, 0.15) is 33.4 Å². The minimum Gasteiger partial charge on any atom is -0.366 e. The van der Waals surface area contributed by atoms with Crippen LogP contribution in [0.15, 0.2) is 11.6 Å². The first-order valence-corrected chi connectivity index (χ1v) is 7.79. The maximum absolute atomic E-state index is 6.14. The first-order chi connectivity index (χ1) is 9.31. The van der Waals surface area contributed by atoms with Crippen LogP contribution in [0, 0.1) is 0 Å². The Morgan fingerprint density at radius 2 is 1.95 bits per heavy atom. The van der Waals surface area contributed by atoms with Crippen LogP contribution in [0.4, 0.5) is 5.82 Å². The average molecular weight is 294 g/mol. The number of rotatable bonds is 2. The SMILES string of the molecule is CC1(C)CN(c2nc3sccn3c2CN)CC(C)(C)O1.